The molecule has 0 heterocycles. The van der Waals surface area contributed by atoms with Crippen LogP contribution in [-0.4, -0.2) is 25.2 Å². The van der Waals surface area contributed by atoms with Crippen molar-refractivity contribution >= 4 is 11.9 Å². The van der Waals surface area contributed by atoms with Crippen LogP contribution in [0.5, 0.6) is 23.0 Å². The summed E-state index contributed by atoms with van der Waals surface area (Å²) in [4.78, 5) is 24.5. The van der Waals surface area contributed by atoms with E-state index in [0.29, 0.717) is 35.8 Å². The molecule has 0 bridgehead atoms. The molecule has 4 rings (SSSR count). The number of rotatable bonds is 17. The molecule has 0 aliphatic rings. The Morgan fingerprint density at radius 3 is 1.07 bits per heavy atom. The standard InChI is InChI=1S/C36H38O6/c37-35(41-33-15-9-7-10-16-33)29-19-23-31(24-20-29)39-27-13-5-3-1-2-4-6-14-28-40-32-25-21-30(22-26-32)36(38)42-34-17-11-8-12-18-34/h7-12,15-26H,1-6,13-14,27-28H2. The van der Waals surface area contributed by atoms with Crippen molar-refractivity contribution in [2.24, 2.45) is 0 Å². The summed E-state index contributed by atoms with van der Waals surface area (Å²) in [6.07, 6.45) is 9.13. The molecule has 0 atom stereocenters. The summed E-state index contributed by atoms with van der Waals surface area (Å²) in [6.45, 7) is 1.33. The van der Waals surface area contributed by atoms with Crippen molar-refractivity contribution in [1.29, 1.82) is 0 Å². The molecule has 0 spiro atoms. The van der Waals surface area contributed by atoms with Crippen molar-refractivity contribution in [3.63, 3.8) is 0 Å². The van der Waals surface area contributed by atoms with E-state index < -0.39 is 0 Å². The number of esters is 2. The minimum Gasteiger partial charge on any atom is -0.494 e. The van der Waals surface area contributed by atoms with Gasteiger partial charge in [-0.15, -0.1) is 0 Å². The maximum absolute atomic E-state index is 12.2. The highest BCUT2D eigenvalue weighted by atomic mass is 16.5. The minimum atomic E-state index is -0.380. The fraction of sp³-hybridized carbons (Fsp3) is 0.278. The van der Waals surface area contributed by atoms with Crippen molar-refractivity contribution < 1.29 is 28.5 Å². The lowest BCUT2D eigenvalue weighted by molar-refractivity contribution is 0.0725. The number of ether oxygens (including phenoxy) is 4. The summed E-state index contributed by atoms with van der Waals surface area (Å²) >= 11 is 0. The molecule has 0 aromatic heterocycles. The van der Waals surface area contributed by atoms with Crippen LogP contribution < -0.4 is 18.9 Å². The number of carbonyl (C=O) groups excluding carboxylic acids is 2. The highest BCUT2D eigenvalue weighted by molar-refractivity contribution is 5.91. The summed E-state index contributed by atoms with van der Waals surface area (Å²) in [6, 6.07) is 32.2. The maximum Gasteiger partial charge on any atom is 0.343 e. The average molecular weight is 567 g/mol. The first-order valence-electron chi connectivity index (χ1n) is 14.7. The zero-order valence-electron chi connectivity index (χ0n) is 23.9. The Labute approximate surface area is 248 Å². The topological polar surface area (TPSA) is 71.1 Å². The van der Waals surface area contributed by atoms with Crippen LogP contribution in [0.4, 0.5) is 0 Å². The van der Waals surface area contributed by atoms with Crippen LogP contribution in [0.15, 0.2) is 109 Å². The van der Waals surface area contributed by atoms with Gasteiger partial charge in [0.15, 0.2) is 0 Å². The van der Waals surface area contributed by atoms with Gasteiger partial charge in [-0.2, -0.15) is 0 Å². The van der Waals surface area contributed by atoms with Crippen molar-refractivity contribution in [1.82, 2.24) is 0 Å². The zero-order valence-corrected chi connectivity index (χ0v) is 23.9. The fourth-order valence-electron chi connectivity index (χ4n) is 4.33. The van der Waals surface area contributed by atoms with Gasteiger partial charge in [-0.3, -0.25) is 0 Å². The predicted octanol–water partition coefficient (Wildman–Crippen LogP) is 8.70. The van der Waals surface area contributed by atoms with Crippen molar-refractivity contribution in [2.45, 2.75) is 51.4 Å². The molecule has 0 aliphatic carbocycles. The van der Waals surface area contributed by atoms with Gasteiger partial charge in [0.05, 0.1) is 24.3 Å². The Kier molecular flexibility index (Phi) is 12.5. The number of para-hydroxylation sites is 2. The monoisotopic (exact) mass is 566 g/mol. The van der Waals surface area contributed by atoms with Crippen LogP contribution >= 0.6 is 0 Å². The van der Waals surface area contributed by atoms with E-state index in [0.717, 1.165) is 37.2 Å². The zero-order chi connectivity index (χ0) is 29.2. The Hall–Kier alpha value is -4.58. The molecule has 0 aliphatic heterocycles. The molecular weight excluding hydrogens is 528 g/mol. The molecular formula is C36H38O6. The molecule has 4 aromatic carbocycles. The summed E-state index contributed by atoms with van der Waals surface area (Å²) in [5, 5.41) is 0. The molecule has 0 saturated heterocycles. The second-order valence-electron chi connectivity index (χ2n) is 9.98. The highest BCUT2D eigenvalue weighted by Crippen LogP contribution is 2.18. The van der Waals surface area contributed by atoms with Crippen molar-refractivity contribution in [3.05, 3.63) is 120 Å². The number of hydrogen-bond donors (Lipinski definition) is 0. The molecule has 0 fully saturated rings. The van der Waals surface area contributed by atoms with E-state index in [9.17, 15) is 9.59 Å². The van der Waals surface area contributed by atoms with Crippen LogP contribution in [-0.2, 0) is 0 Å². The number of hydrogen-bond acceptors (Lipinski definition) is 6. The fourth-order valence-corrected chi connectivity index (χ4v) is 4.33. The molecule has 0 unspecified atom stereocenters. The summed E-state index contributed by atoms with van der Waals surface area (Å²) in [7, 11) is 0. The second kappa shape index (κ2) is 17.3. The lowest BCUT2D eigenvalue weighted by atomic mass is 10.1. The Morgan fingerprint density at radius 1 is 0.381 bits per heavy atom. The molecule has 218 valence electrons. The lowest BCUT2D eigenvalue weighted by Gasteiger charge is -2.08. The number of unbranched alkanes of at least 4 members (excludes halogenated alkanes) is 7. The molecule has 6 nitrogen and oxygen atoms in total. The van der Waals surface area contributed by atoms with Gasteiger partial charge in [0.2, 0.25) is 0 Å². The van der Waals surface area contributed by atoms with E-state index in [1.807, 2.05) is 60.7 Å². The van der Waals surface area contributed by atoms with Gasteiger partial charge in [0.1, 0.15) is 23.0 Å². The van der Waals surface area contributed by atoms with Gasteiger partial charge >= 0.3 is 11.9 Å². The van der Waals surface area contributed by atoms with E-state index in [1.54, 1.807) is 48.5 Å². The molecule has 42 heavy (non-hydrogen) atoms. The van der Waals surface area contributed by atoms with Crippen LogP contribution in [0.2, 0.25) is 0 Å². The van der Waals surface area contributed by atoms with Crippen LogP contribution in [0.1, 0.15) is 72.1 Å². The first-order chi connectivity index (χ1) is 20.7. The maximum atomic E-state index is 12.2. The van der Waals surface area contributed by atoms with E-state index in [4.69, 9.17) is 18.9 Å². The average Bonchev–Trinajstić information content (AvgIpc) is 3.03. The third-order valence-electron chi connectivity index (χ3n) is 6.66. The van der Waals surface area contributed by atoms with Gasteiger partial charge in [-0.05, 0) is 85.6 Å². The molecule has 0 saturated carbocycles. The molecule has 0 radical (unpaired) electrons. The highest BCUT2D eigenvalue weighted by Gasteiger charge is 2.09. The summed E-state index contributed by atoms with van der Waals surface area (Å²) in [5.74, 6) is 1.82. The predicted molar refractivity (Wildman–Crippen MR) is 164 cm³/mol. The van der Waals surface area contributed by atoms with Gasteiger partial charge in [0, 0.05) is 0 Å². The van der Waals surface area contributed by atoms with Gasteiger partial charge in [0.25, 0.3) is 0 Å². The third-order valence-corrected chi connectivity index (χ3v) is 6.66. The van der Waals surface area contributed by atoms with Gasteiger partial charge < -0.3 is 18.9 Å². The second-order valence-corrected chi connectivity index (χ2v) is 9.98. The lowest BCUT2D eigenvalue weighted by Crippen LogP contribution is -2.08. The quantitative estimate of drug-likeness (QED) is 0.0723. The molecule has 0 amide bonds. The largest absolute Gasteiger partial charge is 0.494 e. The van der Waals surface area contributed by atoms with Crippen molar-refractivity contribution in [3.8, 4) is 23.0 Å². The minimum absolute atomic E-state index is 0.380. The van der Waals surface area contributed by atoms with Gasteiger partial charge in [-0.1, -0.05) is 74.9 Å². The third kappa shape index (κ3) is 10.8. The summed E-state index contributed by atoms with van der Waals surface area (Å²) < 4.78 is 22.4. The van der Waals surface area contributed by atoms with E-state index in [2.05, 4.69) is 0 Å². The first kappa shape index (κ1) is 30.4. The van der Waals surface area contributed by atoms with Crippen LogP contribution in [0.3, 0.4) is 0 Å². The smallest absolute Gasteiger partial charge is 0.343 e. The van der Waals surface area contributed by atoms with E-state index in [1.165, 1.54) is 25.7 Å². The normalized spacial score (nSPS) is 10.6. The van der Waals surface area contributed by atoms with Crippen molar-refractivity contribution in [2.75, 3.05) is 13.2 Å². The number of carbonyl (C=O) groups is 2. The Balaban J connectivity index is 0.971. The first-order valence-corrected chi connectivity index (χ1v) is 14.7. The van der Waals surface area contributed by atoms with E-state index in [-0.39, 0.29) is 11.9 Å². The number of benzene rings is 4. The Morgan fingerprint density at radius 2 is 0.714 bits per heavy atom. The van der Waals surface area contributed by atoms with Gasteiger partial charge in [-0.25, -0.2) is 9.59 Å². The van der Waals surface area contributed by atoms with E-state index >= 15 is 0 Å². The van der Waals surface area contributed by atoms with Crippen LogP contribution in [0.25, 0.3) is 0 Å². The van der Waals surface area contributed by atoms with Crippen LogP contribution in [0, 0.1) is 0 Å². The Bertz CT molecular complexity index is 1230. The molecule has 4 aromatic rings. The SMILES string of the molecule is O=C(Oc1ccccc1)c1ccc(OCCCCCCCCCCOc2ccc(C(=O)Oc3ccccc3)cc2)cc1. The summed E-state index contributed by atoms with van der Waals surface area (Å²) in [5.41, 5.74) is 0.990. The molecule has 0 N–H and O–H groups in total. The molecule has 6 heteroatoms.